The van der Waals surface area contributed by atoms with Gasteiger partial charge in [0.15, 0.2) is 5.82 Å². The van der Waals surface area contributed by atoms with Gasteiger partial charge >= 0.3 is 0 Å². The second-order valence-electron chi connectivity index (χ2n) is 3.80. The van der Waals surface area contributed by atoms with Crippen LogP contribution in [0.3, 0.4) is 0 Å². The molecular weight excluding hydrogens is 212 g/mol. The number of aliphatic hydroxyl groups is 1. The number of hydrogen-bond donors (Lipinski definition) is 1. The standard InChI is InChI=1S/C10H16N2O2S/c1-2-4-7(13)9-11-10(14-12-9)8-5-3-6-15-8/h7-8,13H,2-6H2,1H3. The van der Waals surface area contributed by atoms with Crippen molar-refractivity contribution in [3.05, 3.63) is 11.7 Å². The smallest absolute Gasteiger partial charge is 0.239 e. The average Bonchev–Trinajstić information content (AvgIpc) is 2.89. The fourth-order valence-electron chi connectivity index (χ4n) is 1.69. The van der Waals surface area contributed by atoms with Crippen molar-refractivity contribution in [1.29, 1.82) is 0 Å². The Labute approximate surface area is 93.4 Å². The Kier molecular flexibility index (Phi) is 3.64. The fourth-order valence-corrected chi connectivity index (χ4v) is 2.88. The SMILES string of the molecule is CCCC(O)c1noc(C2CCCS2)n1. The maximum atomic E-state index is 9.68. The Bertz CT molecular complexity index is 310. The molecule has 1 saturated heterocycles. The Hall–Kier alpha value is -0.550. The molecule has 1 N–H and O–H groups in total. The largest absolute Gasteiger partial charge is 0.385 e. The summed E-state index contributed by atoms with van der Waals surface area (Å²) in [6.45, 7) is 2.02. The highest BCUT2D eigenvalue weighted by atomic mass is 32.2. The second kappa shape index (κ2) is 4.99. The van der Waals surface area contributed by atoms with E-state index in [2.05, 4.69) is 10.1 Å². The van der Waals surface area contributed by atoms with Gasteiger partial charge in [-0.15, -0.1) is 11.8 Å². The van der Waals surface area contributed by atoms with Crippen molar-refractivity contribution >= 4 is 11.8 Å². The van der Waals surface area contributed by atoms with Gasteiger partial charge in [0.05, 0.1) is 5.25 Å². The molecule has 0 amide bonds. The zero-order chi connectivity index (χ0) is 10.7. The number of nitrogens with zero attached hydrogens (tertiary/aromatic N) is 2. The Morgan fingerprint density at radius 2 is 2.53 bits per heavy atom. The predicted octanol–water partition coefficient (Wildman–Crippen LogP) is 2.47. The lowest BCUT2D eigenvalue weighted by Gasteiger charge is -2.02. The minimum absolute atomic E-state index is 0.347. The van der Waals surface area contributed by atoms with Crippen molar-refractivity contribution in [2.75, 3.05) is 5.75 Å². The molecule has 0 spiro atoms. The molecular formula is C10H16N2O2S. The summed E-state index contributed by atoms with van der Waals surface area (Å²) < 4.78 is 5.17. The van der Waals surface area contributed by atoms with Crippen LogP contribution in [-0.4, -0.2) is 21.0 Å². The van der Waals surface area contributed by atoms with Crippen molar-refractivity contribution in [2.24, 2.45) is 0 Å². The zero-order valence-electron chi connectivity index (χ0n) is 8.85. The van der Waals surface area contributed by atoms with Crippen LogP contribution < -0.4 is 0 Å². The fraction of sp³-hybridized carbons (Fsp3) is 0.800. The molecule has 0 aromatic carbocycles. The molecule has 1 fully saturated rings. The van der Waals surface area contributed by atoms with Gasteiger partial charge in [0.1, 0.15) is 6.10 Å². The van der Waals surface area contributed by atoms with Crippen molar-refractivity contribution in [3.63, 3.8) is 0 Å². The molecule has 2 heterocycles. The summed E-state index contributed by atoms with van der Waals surface area (Å²) in [5.41, 5.74) is 0. The van der Waals surface area contributed by atoms with Crippen LogP contribution in [-0.2, 0) is 0 Å². The molecule has 1 aliphatic rings. The van der Waals surface area contributed by atoms with Crippen LogP contribution in [0.2, 0.25) is 0 Å². The lowest BCUT2D eigenvalue weighted by atomic mass is 10.2. The van der Waals surface area contributed by atoms with Crippen LogP contribution in [0.5, 0.6) is 0 Å². The predicted molar refractivity (Wildman–Crippen MR) is 58.6 cm³/mol. The van der Waals surface area contributed by atoms with Crippen LogP contribution >= 0.6 is 11.8 Å². The van der Waals surface area contributed by atoms with Gasteiger partial charge in [-0.25, -0.2) is 0 Å². The third-order valence-electron chi connectivity index (χ3n) is 2.52. The van der Waals surface area contributed by atoms with Gasteiger partial charge in [-0.1, -0.05) is 18.5 Å². The lowest BCUT2D eigenvalue weighted by molar-refractivity contribution is 0.152. The molecule has 4 nitrogen and oxygen atoms in total. The third kappa shape index (κ3) is 2.52. The number of thioether (sulfide) groups is 1. The van der Waals surface area contributed by atoms with E-state index in [1.807, 2.05) is 18.7 Å². The maximum absolute atomic E-state index is 9.68. The van der Waals surface area contributed by atoms with E-state index in [-0.39, 0.29) is 0 Å². The minimum atomic E-state index is -0.570. The molecule has 1 aliphatic heterocycles. The monoisotopic (exact) mass is 228 g/mol. The van der Waals surface area contributed by atoms with E-state index in [0.29, 0.717) is 23.4 Å². The van der Waals surface area contributed by atoms with E-state index in [1.54, 1.807) is 0 Å². The summed E-state index contributed by atoms with van der Waals surface area (Å²) in [6, 6.07) is 0. The maximum Gasteiger partial charge on any atom is 0.239 e. The number of aromatic nitrogens is 2. The van der Waals surface area contributed by atoms with Gasteiger partial charge in [-0.2, -0.15) is 4.98 Å². The van der Waals surface area contributed by atoms with Crippen molar-refractivity contribution in [3.8, 4) is 0 Å². The summed E-state index contributed by atoms with van der Waals surface area (Å²) in [6.07, 6.45) is 3.36. The van der Waals surface area contributed by atoms with E-state index in [9.17, 15) is 5.11 Å². The summed E-state index contributed by atoms with van der Waals surface area (Å²) in [7, 11) is 0. The molecule has 2 atom stereocenters. The summed E-state index contributed by atoms with van der Waals surface area (Å²) in [5, 5.41) is 13.9. The van der Waals surface area contributed by atoms with Crippen LogP contribution in [0.1, 0.15) is 55.7 Å². The van der Waals surface area contributed by atoms with Crippen LogP contribution in [0, 0.1) is 0 Å². The quantitative estimate of drug-likeness (QED) is 0.857. The number of aliphatic hydroxyl groups excluding tert-OH is 1. The van der Waals surface area contributed by atoms with Gasteiger partial charge in [-0.3, -0.25) is 0 Å². The molecule has 1 aromatic rings. The number of rotatable bonds is 4. The molecule has 0 aliphatic carbocycles. The van der Waals surface area contributed by atoms with Gasteiger partial charge in [0, 0.05) is 0 Å². The number of hydrogen-bond acceptors (Lipinski definition) is 5. The molecule has 1 aromatic heterocycles. The van der Waals surface area contributed by atoms with E-state index in [1.165, 1.54) is 12.2 Å². The van der Waals surface area contributed by atoms with Crippen molar-refractivity contribution in [2.45, 2.75) is 44.0 Å². The molecule has 2 rings (SSSR count). The molecule has 15 heavy (non-hydrogen) atoms. The topological polar surface area (TPSA) is 59.2 Å². The second-order valence-corrected chi connectivity index (χ2v) is 5.11. The first-order valence-electron chi connectivity index (χ1n) is 5.44. The highest BCUT2D eigenvalue weighted by Gasteiger charge is 2.25. The Morgan fingerprint density at radius 3 is 3.20 bits per heavy atom. The first kappa shape index (κ1) is 11.0. The van der Waals surface area contributed by atoms with Gasteiger partial charge in [0.2, 0.25) is 5.89 Å². The van der Waals surface area contributed by atoms with E-state index < -0.39 is 6.10 Å². The first-order chi connectivity index (χ1) is 7.31. The zero-order valence-corrected chi connectivity index (χ0v) is 9.66. The molecule has 84 valence electrons. The normalized spacial score (nSPS) is 23.2. The summed E-state index contributed by atoms with van der Waals surface area (Å²) in [5.74, 6) is 2.29. The Morgan fingerprint density at radius 1 is 1.67 bits per heavy atom. The third-order valence-corrected chi connectivity index (χ3v) is 3.89. The molecule has 2 unspecified atom stereocenters. The summed E-state index contributed by atoms with van der Waals surface area (Å²) >= 11 is 1.86. The molecule has 0 saturated carbocycles. The molecule has 0 radical (unpaired) electrons. The van der Waals surface area contributed by atoms with Gasteiger partial charge in [-0.05, 0) is 25.0 Å². The average molecular weight is 228 g/mol. The Balaban J connectivity index is 2.02. The van der Waals surface area contributed by atoms with Crippen molar-refractivity contribution < 1.29 is 9.63 Å². The lowest BCUT2D eigenvalue weighted by Crippen LogP contribution is -1.99. The van der Waals surface area contributed by atoms with Gasteiger partial charge in [0.25, 0.3) is 0 Å². The van der Waals surface area contributed by atoms with Gasteiger partial charge < -0.3 is 9.63 Å². The minimum Gasteiger partial charge on any atom is -0.385 e. The summed E-state index contributed by atoms with van der Waals surface area (Å²) in [4.78, 5) is 4.26. The van der Waals surface area contributed by atoms with Crippen LogP contribution in [0.25, 0.3) is 0 Å². The van der Waals surface area contributed by atoms with Crippen molar-refractivity contribution in [1.82, 2.24) is 10.1 Å². The first-order valence-corrected chi connectivity index (χ1v) is 6.49. The molecule has 0 bridgehead atoms. The van der Waals surface area contributed by atoms with E-state index >= 15 is 0 Å². The van der Waals surface area contributed by atoms with E-state index in [4.69, 9.17) is 4.52 Å². The van der Waals surface area contributed by atoms with Crippen LogP contribution in [0.15, 0.2) is 4.52 Å². The van der Waals surface area contributed by atoms with E-state index in [0.717, 1.165) is 12.8 Å². The highest BCUT2D eigenvalue weighted by Crippen LogP contribution is 2.39. The van der Waals surface area contributed by atoms with Crippen LogP contribution in [0.4, 0.5) is 0 Å². The highest BCUT2D eigenvalue weighted by molar-refractivity contribution is 7.99. The molecule has 5 heteroatoms.